The molecule has 0 aliphatic heterocycles. The Hall–Kier alpha value is -0.410. The summed E-state index contributed by atoms with van der Waals surface area (Å²) in [5, 5.41) is 6.90. The Labute approximate surface area is 116 Å². The summed E-state index contributed by atoms with van der Waals surface area (Å²) in [7, 11) is 0. The second kappa shape index (κ2) is 6.16. The number of rotatable bonds is 6. The first-order chi connectivity index (χ1) is 8.24. The molecule has 0 saturated heterocycles. The van der Waals surface area contributed by atoms with Crippen molar-refractivity contribution >= 4 is 11.3 Å². The maximum atomic E-state index is 4.79. The molecule has 0 aliphatic rings. The van der Waals surface area contributed by atoms with Gasteiger partial charge in [-0.1, -0.05) is 41.5 Å². The smallest absolute Gasteiger partial charge is 0.0933 e. The fraction of sp³-hybridized carbons (Fsp3) is 0.800. The van der Waals surface area contributed by atoms with Crippen LogP contribution in [0.3, 0.4) is 0 Å². The van der Waals surface area contributed by atoms with Crippen molar-refractivity contribution in [2.45, 2.75) is 59.8 Å². The van der Waals surface area contributed by atoms with Crippen LogP contribution in [-0.4, -0.2) is 18.1 Å². The van der Waals surface area contributed by atoms with Crippen LogP contribution in [0.1, 0.15) is 58.7 Å². The zero-order valence-electron chi connectivity index (χ0n) is 12.8. The molecule has 0 aliphatic carbocycles. The quantitative estimate of drug-likeness (QED) is 0.789. The third-order valence-electron chi connectivity index (χ3n) is 3.18. The molecule has 3 heteroatoms. The highest BCUT2D eigenvalue weighted by Crippen LogP contribution is 2.30. The van der Waals surface area contributed by atoms with Gasteiger partial charge >= 0.3 is 0 Å². The Bertz CT molecular complexity index is 361. The standard InChI is InChI=1S/C15H28N2S/c1-7-16-9-8-15(5,6)10-13-17-12(11-18-13)14(2,3)4/h11,16H,7-10H2,1-6H3. The molecule has 1 heterocycles. The van der Waals surface area contributed by atoms with E-state index in [0.29, 0.717) is 5.41 Å². The van der Waals surface area contributed by atoms with Gasteiger partial charge in [0.1, 0.15) is 0 Å². The zero-order valence-corrected chi connectivity index (χ0v) is 13.6. The average Bonchev–Trinajstić information content (AvgIpc) is 2.65. The second-order valence-corrected chi connectivity index (χ2v) is 7.76. The van der Waals surface area contributed by atoms with E-state index in [1.54, 1.807) is 0 Å². The van der Waals surface area contributed by atoms with Gasteiger partial charge in [0.2, 0.25) is 0 Å². The molecule has 0 fully saturated rings. The van der Waals surface area contributed by atoms with Crippen molar-refractivity contribution in [3.63, 3.8) is 0 Å². The van der Waals surface area contributed by atoms with Gasteiger partial charge < -0.3 is 5.32 Å². The predicted octanol–water partition coefficient (Wildman–Crippen LogP) is 4.01. The lowest BCUT2D eigenvalue weighted by Crippen LogP contribution is -2.24. The summed E-state index contributed by atoms with van der Waals surface area (Å²) in [5.74, 6) is 0. The third kappa shape index (κ3) is 5.07. The van der Waals surface area contributed by atoms with Crippen LogP contribution in [0.2, 0.25) is 0 Å². The third-order valence-corrected chi connectivity index (χ3v) is 4.03. The van der Waals surface area contributed by atoms with Crippen LogP contribution in [0.25, 0.3) is 0 Å². The van der Waals surface area contributed by atoms with Gasteiger partial charge in [-0.3, -0.25) is 0 Å². The van der Waals surface area contributed by atoms with Gasteiger partial charge in [0.15, 0.2) is 0 Å². The molecule has 104 valence electrons. The van der Waals surface area contributed by atoms with E-state index in [9.17, 15) is 0 Å². The van der Waals surface area contributed by atoms with Crippen LogP contribution in [0, 0.1) is 5.41 Å². The van der Waals surface area contributed by atoms with Gasteiger partial charge in [0, 0.05) is 17.2 Å². The summed E-state index contributed by atoms with van der Waals surface area (Å²) in [6, 6.07) is 0. The summed E-state index contributed by atoms with van der Waals surface area (Å²) in [5.41, 5.74) is 1.72. The molecule has 1 aromatic rings. The highest BCUT2D eigenvalue weighted by Gasteiger charge is 2.22. The van der Waals surface area contributed by atoms with E-state index < -0.39 is 0 Å². The summed E-state index contributed by atoms with van der Waals surface area (Å²) < 4.78 is 0. The molecule has 1 N–H and O–H groups in total. The zero-order chi connectivity index (χ0) is 13.8. The first-order valence-electron chi connectivity index (χ1n) is 6.90. The molecule has 0 saturated carbocycles. The number of thiazole rings is 1. The van der Waals surface area contributed by atoms with Crippen LogP contribution in [0.4, 0.5) is 0 Å². The second-order valence-electron chi connectivity index (χ2n) is 6.82. The number of hydrogen-bond acceptors (Lipinski definition) is 3. The van der Waals surface area contributed by atoms with Gasteiger partial charge in [0.25, 0.3) is 0 Å². The van der Waals surface area contributed by atoms with E-state index in [-0.39, 0.29) is 5.41 Å². The summed E-state index contributed by atoms with van der Waals surface area (Å²) >= 11 is 1.81. The molecular formula is C15H28N2S. The van der Waals surface area contributed by atoms with Crippen LogP contribution in [0.15, 0.2) is 5.38 Å². The first-order valence-corrected chi connectivity index (χ1v) is 7.78. The number of hydrogen-bond donors (Lipinski definition) is 1. The van der Waals surface area contributed by atoms with Crippen LogP contribution in [0.5, 0.6) is 0 Å². The molecular weight excluding hydrogens is 240 g/mol. The van der Waals surface area contributed by atoms with E-state index in [1.165, 1.54) is 17.1 Å². The van der Waals surface area contributed by atoms with Crippen molar-refractivity contribution in [3.05, 3.63) is 16.1 Å². The Balaban J connectivity index is 2.58. The Morgan fingerprint density at radius 1 is 1.22 bits per heavy atom. The van der Waals surface area contributed by atoms with E-state index in [1.807, 2.05) is 11.3 Å². The molecule has 1 aromatic heterocycles. The highest BCUT2D eigenvalue weighted by molar-refractivity contribution is 7.09. The number of nitrogens with one attached hydrogen (secondary N) is 1. The molecule has 0 atom stereocenters. The van der Waals surface area contributed by atoms with Gasteiger partial charge in [-0.2, -0.15) is 0 Å². The lowest BCUT2D eigenvalue weighted by molar-refractivity contribution is 0.326. The van der Waals surface area contributed by atoms with Gasteiger partial charge in [-0.25, -0.2) is 4.98 Å². The maximum absolute atomic E-state index is 4.79. The molecule has 0 radical (unpaired) electrons. The molecule has 0 amide bonds. The minimum Gasteiger partial charge on any atom is -0.317 e. The summed E-state index contributed by atoms with van der Waals surface area (Å²) in [6.07, 6.45) is 2.28. The summed E-state index contributed by atoms with van der Waals surface area (Å²) in [6.45, 7) is 15.7. The largest absolute Gasteiger partial charge is 0.317 e. The van der Waals surface area contributed by atoms with Crippen molar-refractivity contribution in [2.24, 2.45) is 5.41 Å². The average molecular weight is 268 g/mol. The van der Waals surface area contributed by atoms with Crippen molar-refractivity contribution in [2.75, 3.05) is 13.1 Å². The molecule has 0 unspecified atom stereocenters. The SMILES string of the molecule is CCNCCC(C)(C)Cc1nc(C(C)(C)C)cs1. The maximum Gasteiger partial charge on any atom is 0.0933 e. The molecule has 2 nitrogen and oxygen atoms in total. The monoisotopic (exact) mass is 268 g/mol. The van der Waals surface area contributed by atoms with Crippen molar-refractivity contribution < 1.29 is 0 Å². The van der Waals surface area contributed by atoms with Crippen LogP contribution in [-0.2, 0) is 11.8 Å². The Kier molecular flexibility index (Phi) is 5.35. The molecule has 0 bridgehead atoms. The molecule has 18 heavy (non-hydrogen) atoms. The fourth-order valence-corrected chi connectivity index (χ4v) is 3.12. The minimum absolute atomic E-state index is 0.169. The lowest BCUT2D eigenvalue weighted by Gasteiger charge is -2.23. The van der Waals surface area contributed by atoms with Crippen molar-refractivity contribution in [1.29, 1.82) is 0 Å². The molecule has 0 aromatic carbocycles. The van der Waals surface area contributed by atoms with Gasteiger partial charge in [-0.15, -0.1) is 11.3 Å². The van der Waals surface area contributed by atoms with Gasteiger partial charge in [0.05, 0.1) is 10.7 Å². The fourth-order valence-electron chi connectivity index (χ4n) is 1.84. The predicted molar refractivity (Wildman–Crippen MR) is 81.5 cm³/mol. The van der Waals surface area contributed by atoms with E-state index in [2.05, 4.69) is 52.2 Å². The lowest BCUT2D eigenvalue weighted by atomic mass is 9.86. The molecule has 1 rings (SSSR count). The Morgan fingerprint density at radius 2 is 1.89 bits per heavy atom. The topological polar surface area (TPSA) is 24.9 Å². The van der Waals surface area contributed by atoms with Crippen molar-refractivity contribution in [1.82, 2.24) is 10.3 Å². The Morgan fingerprint density at radius 3 is 2.39 bits per heavy atom. The van der Waals surface area contributed by atoms with E-state index in [0.717, 1.165) is 19.5 Å². The van der Waals surface area contributed by atoms with Crippen molar-refractivity contribution in [3.8, 4) is 0 Å². The minimum atomic E-state index is 0.169. The summed E-state index contributed by atoms with van der Waals surface area (Å²) in [4.78, 5) is 4.79. The van der Waals surface area contributed by atoms with Crippen LogP contribution >= 0.6 is 11.3 Å². The number of nitrogens with zero attached hydrogens (tertiary/aromatic N) is 1. The van der Waals surface area contributed by atoms with Crippen LogP contribution < -0.4 is 5.32 Å². The number of aromatic nitrogens is 1. The highest BCUT2D eigenvalue weighted by atomic mass is 32.1. The van der Waals surface area contributed by atoms with E-state index >= 15 is 0 Å². The van der Waals surface area contributed by atoms with Gasteiger partial charge in [-0.05, 0) is 24.9 Å². The van der Waals surface area contributed by atoms with E-state index in [4.69, 9.17) is 4.98 Å². The normalized spacial score (nSPS) is 13.0. The first kappa shape index (κ1) is 15.6. The molecule has 0 spiro atoms.